The number of rotatable bonds is 4. The summed E-state index contributed by atoms with van der Waals surface area (Å²) in [4.78, 5) is 18.7. The number of halogens is 1. The van der Waals surface area contributed by atoms with E-state index < -0.39 is 0 Å². The molecule has 0 aliphatic carbocycles. The Hall–Kier alpha value is -0.570. The summed E-state index contributed by atoms with van der Waals surface area (Å²) in [5, 5.41) is 3.92. The topological polar surface area (TPSA) is 23.6 Å². The van der Waals surface area contributed by atoms with E-state index in [9.17, 15) is 4.79 Å². The molecule has 0 saturated carbocycles. The van der Waals surface area contributed by atoms with Crippen molar-refractivity contribution in [2.75, 3.05) is 31.3 Å². The van der Waals surface area contributed by atoms with Crippen molar-refractivity contribution in [2.45, 2.75) is 23.8 Å². The van der Waals surface area contributed by atoms with Gasteiger partial charge in [-0.15, -0.1) is 35.7 Å². The lowest BCUT2D eigenvalue weighted by molar-refractivity contribution is 0.0964. The molecule has 0 atom stereocenters. The van der Waals surface area contributed by atoms with Crippen LogP contribution in [0.3, 0.4) is 0 Å². The van der Waals surface area contributed by atoms with Crippen LogP contribution in [0.5, 0.6) is 0 Å². The van der Waals surface area contributed by atoms with Gasteiger partial charge < -0.3 is 9.80 Å². The van der Waals surface area contributed by atoms with Crippen LogP contribution in [-0.2, 0) is 0 Å². The molecule has 2 aromatic rings. The molecule has 0 N–H and O–H groups in total. The van der Waals surface area contributed by atoms with Gasteiger partial charge in [0.15, 0.2) is 0 Å². The Morgan fingerprint density at radius 3 is 2.67 bits per heavy atom. The van der Waals surface area contributed by atoms with E-state index in [2.05, 4.69) is 36.4 Å². The third kappa shape index (κ3) is 4.53. The molecule has 1 aliphatic heterocycles. The highest BCUT2D eigenvalue weighted by Gasteiger charge is 2.29. The van der Waals surface area contributed by atoms with E-state index >= 15 is 0 Å². The van der Waals surface area contributed by atoms with Crippen molar-refractivity contribution in [3.8, 4) is 0 Å². The lowest BCUT2D eigenvalue weighted by atomic mass is 10.0. The number of anilines is 1. The number of nitrogens with zero attached hydrogens (tertiary/aromatic N) is 2. The smallest absolute Gasteiger partial charge is 0.259 e. The van der Waals surface area contributed by atoms with Gasteiger partial charge in [0.25, 0.3) is 5.91 Å². The first-order valence-electron chi connectivity index (χ1n) is 7.87. The SMILES string of the molecule is CSc1cccc(N(C(=O)c2ccsc2)C2CCN(C)CC2)c1.I. The fraction of sp³-hybridized carbons (Fsp3) is 0.389. The molecule has 3 nitrogen and oxygen atoms in total. The molecule has 1 aromatic carbocycles. The summed E-state index contributed by atoms with van der Waals surface area (Å²) >= 11 is 3.29. The number of benzene rings is 1. The van der Waals surface area contributed by atoms with Crippen LogP contribution in [0, 0.1) is 0 Å². The number of hydrogen-bond donors (Lipinski definition) is 0. The van der Waals surface area contributed by atoms with E-state index in [1.54, 1.807) is 23.1 Å². The number of thioether (sulfide) groups is 1. The molecule has 2 heterocycles. The van der Waals surface area contributed by atoms with Gasteiger partial charge in [-0.2, -0.15) is 11.3 Å². The fourth-order valence-corrected chi connectivity index (χ4v) is 4.12. The van der Waals surface area contributed by atoms with Crippen molar-refractivity contribution in [3.63, 3.8) is 0 Å². The van der Waals surface area contributed by atoms with E-state index in [-0.39, 0.29) is 35.9 Å². The number of hydrogen-bond acceptors (Lipinski definition) is 4. The van der Waals surface area contributed by atoms with Crippen LogP contribution in [0.4, 0.5) is 5.69 Å². The minimum Gasteiger partial charge on any atom is -0.306 e. The predicted octanol–water partition coefficient (Wildman–Crippen LogP) is 4.83. The van der Waals surface area contributed by atoms with E-state index in [1.807, 2.05) is 27.8 Å². The highest BCUT2D eigenvalue weighted by Crippen LogP contribution is 2.29. The van der Waals surface area contributed by atoms with Crippen LogP contribution in [-0.4, -0.2) is 43.2 Å². The average molecular weight is 474 g/mol. The molecule has 0 bridgehead atoms. The van der Waals surface area contributed by atoms with E-state index in [1.165, 1.54) is 4.90 Å². The molecule has 0 spiro atoms. The van der Waals surface area contributed by atoms with Gasteiger partial charge in [-0.1, -0.05) is 6.07 Å². The highest BCUT2D eigenvalue weighted by atomic mass is 127. The Balaban J connectivity index is 0.00000208. The predicted molar refractivity (Wildman–Crippen MR) is 115 cm³/mol. The Morgan fingerprint density at radius 2 is 2.04 bits per heavy atom. The molecule has 1 aliphatic rings. The first kappa shape index (κ1) is 19.8. The van der Waals surface area contributed by atoms with Crippen LogP contribution < -0.4 is 4.90 Å². The van der Waals surface area contributed by atoms with Crippen molar-refractivity contribution in [1.29, 1.82) is 0 Å². The van der Waals surface area contributed by atoms with Gasteiger partial charge >= 0.3 is 0 Å². The summed E-state index contributed by atoms with van der Waals surface area (Å²) < 4.78 is 0. The summed E-state index contributed by atoms with van der Waals surface area (Å²) in [5.41, 5.74) is 1.81. The van der Waals surface area contributed by atoms with Crippen LogP contribution >= 0.6 is 47.1 Å². The molecular weight excluding hydrogens is 451 g/mol. The average Bonchev–Trinajstić information content (AvgIpc) is 3.11. The monoisotopic (exact) mass is 474 g/mol. The van der Waals surface area contributed by atoms with Gasteiger partial charge in [-0.3, -0.25) is 4.79 Å². The summed E-state index contributed by atoms with van der Waals surface area (Å²) in [6.45, 7) is 2.08. The first-order valence-corrected chi connectivity index (χ1v) is 10.0. The second-order valence-electron chi connectivity index (χ2n) is 5.92. The molecule has 1 saturated heterocycles. The number of likely N-dealkylation sites (tertiary alicyclic amines) is 1. The summed E-state index contributed by atoms with van der Waals surface area (Å²) in [7, 11) is 2.15. The van der Waals surface area contributed by atoms with Gasteiger partial charge in [0, 0.05) is 22.0 Å². The zero-order valence-corrected chi connectivity index (χ0v) is 17.9. The third-order valence-corrected chi connectivity index (χ3v) is 5.78. The minimum atomic E-state index is 0. The largest absolute Gasteiger partial charge is 0.306 e. The van der Waals surface area contributed by atoms with E-state index in [0.29, 0.717) is 0 Å². The third-order valence-electron chi connectivity index (χ3n) is 4.37. The Labute approximate surface area is 169 Å². The molecule has 130 valence electrons. The fourth-order valence-electron chi connectivity index (χ4n) is 3.03. The number of thiophene rings is 1. The molecule has 6 heteroatoms. The first-order chi connectivity index (χ1) is 11.2. The molecular formula is C18H23IN2OS2. The molecule has 1 amide bonds. The van der Waals surface area contributed by atoms with E-state index in [4.69, 9.17) is 0 Å². The number of amides is 1. The Morgan fingerprint density at radius 1 is 1.29 bits per heavy atom. The minimum absolute atomic E-state index is 0. The quantitative estimate of drug-likeness (QED) is 0.469. The standard InChI is InChI=1S/C18H22N2OS2.HI/c1-19-9-6-15(7-10-19)20(18(21)14-8-11-23-13-14)16-4-3-5-17(12-16)22-2;/h3-5,8,11-13,15H,6-7,9-10H2,1-2H3;1H. The van der Waals surface area contributed by atoms with Crippen molar-refractivity contribution in [3.05, 3.63) is 46.7 Å². The zero-order chi connectivity index (χ0) is 16.2. The van der Waals surface area contributed by atoms with Crippen molar-refractivity contribution in [1.82, 2.24) is 4.90 Å². The highest BCUT2D eigenvalue weighted by molar-refractivity contribution is 14.0. The summed E-state index contributed by atoms with van der Waals surface area (Å²) in [6.07, 6.45) is 4.12. The number of carbonyl (C=O) groups excluding carboxylic acids is 1. The maximum absolute atomic E-state index is 13.1. The number of piperidine rings is 1. The van der Waals surface area contributed by atoms with Crippen molar-refractivity contribution < 1.29 is 4.79 Å². The van der Waals surface area contributed by atoms with Crippen LogP contribution in [0.2, 0.25) is 0 Å². The second kappa shape index (κ2) is 9.22. The van der Waals surface area contributed by atoms with Crippen molar-refractivity contribution >= 4 is 58.7 Å². The second-order valence-corrected chi connectivity index (χ2v) is 7.58. The van der Waals surface area contributed by atoms with E-state index in [0.717, 1.165) is 37.2 Å². The van der Waals surface area contributed by atoms with Gasteiger partial charge in [0.1, 0.15) is 0 Å². The maximum atomic E-state index is 13.1. The van der Waals surface area contributed by atoms with Crippen LogP contribution in [0.1, 0.15) is 23.2 Å². The molecule has 24 heavy (non-hydrogen) atoms. The van der Waals surface area contributed by atoms with Crippen LogP contribution in [0.15, 0.2) is 46.0 Å². The lowest BCUT2D eigenvalue weighted by Gasteiger charge is -2.37. The summed E-state index contributed by atoms with van der Waals surface area (Å²) in [5.74, 6) is 0.124. The van der Waals surface area contributed by atoms with Gasteiger partial charge in [0.2, 0.25) is 0 Å². The summed E-state index contributed by atoms with van der Waals surface area (Å²) in [6, 6.07) is 10.5. The van der Waals surface area contributed by atoms with Gasteiger partial charge in [0.05, 0.1) is 5.56 Å². The molecule has 0 unspecified atom stereocenters. The normalized spacial score (nSPS) is 15.8. The molecule has 1 aromatic heterocycles. The number of carbonyl (C=O) groups is 1. The van der Waals surface area contributed by atoms with Gasteiger partial charge in [-0.05, 0) is 68.9 Å². The molecule has 3 rings (SSSR count). The van der Waals surface area contributed by atoms with Gasteiger partial charge in [-0.25, -0.2) is 0 Å². The van der Waals surface area contributed by atoms with Crippen molar-refractivity contribution in [2.24, 2.45) is 0 Å². The lowest BCUT2D eigenvalue weighted by Crippen LogP contribution is -2.46. The molecule has 1 fully saturated rings. The zero-order valence-electron chi connectivity index (χ0n) is 14.0. The Bertz CT molecular complexity index is 655. The van der Waals surface area contributed by atoms with Crippen LogP contribution in [0.25, 0.3) is 0 Å². The Kier molecular flexibility index (Phi) is 7.59. The maximum Gasteiger partial charge on any atom is 0.259 e. The molecule has 0 radical (unpaired) electrons.